The van der Waals surface area contributed by atoms with E-state index in [1.54, 1.807) is 0 Å². The number of hydrazone groups is 1. The molecular weight excluding hydrogens is 392 g/mol. The van der Waals surface area contributed by atoms with Crippen LogP contribution in [0.1, 0.15) is 25.7 Å². The van der Waals surface area contributed by atoms with Gasteiger partial charge in [0.25, 0.3) is 5.91 Å². The Hall–Kier alpha value is -2.68. The second-order valence-corrected chi connectivity index (χ2v) is 9.75. The predicted molar refractivity (Wildman–Crippen MR) is 110 cm³/mol. The first-order valence-electron chi connectivity index (χ1n) is 9.85. The molecule has 1 saturated heterocycles. The van der Waals surface area contributed by atoms with Gasteiger partial charge in [0, 0.05) is 37.6 Å². The molecule has 0 saturated carbocycles. The third kappa shape index (κ3) is 4.34. The van der Waals surface area contributed by atoms with Crippen LogP contribution in [0.25, 0.3) is 10.9 Å². The third-order valence-corrected chi connectivity index (χ3v) is 7.17. The number of para-hydroxylation sites is 1. The van der Waals surface area contributed by atoms with E-state index < -0.39 is 15.9 Å². The van der Waals surface area contributed by atoms with Gasteiger partial charge < -0.3 is 9.88 Å². The van der Waals surface area contributed by atoms with Crippen molar-refractivity contribution in [2.75, 3.05) is 18.1 Å². The minimum atomic E-state index is -3.13. The summed E-state index contributed by atoms with van der Waals surface area (Å²) in [5.41, 5.74) is 1.46. The van der Waals surface area contributed by atoms with Gasteiger partial charge in [-0.1, -0.05) is 18.2 Å². The van der Waals surface area contributed by atoms with Crippen molar-refractivity contribution < 1.29 is 18.0 Å². The molecule has 1 aromatic carbocycles. The van der Waals surface area contributed by atoms with Crippen LogP contribution in [-0.4, -0.2) is 59.6 Å². The van der Waals surface area contributed by atoms with E-state index in [1.807, 2.05) is 18.3 Å². The summed E-state index contributed by atoms with van der Waals surface area (Å²) in [7, 11) is -3.13. The highest BCUT2D eigenvalue weighted by molar-refractivity contribution is 7.91. The SMILES string of the molecule is O=C(NCCCn1ccc2ccccc21)C1=NN([C@H]2CCS(=O)(=O)C2)C(=O)CC1. The number of rotatable bonds is 6. The average Bonchev–Trinajstić information content (AvgIpc) is 3.28. The number of sulfone groups is 1. The van der Waals surface area contributed by atoms with Crippen LogP contribution in [0.15, 0.2) is 41.6 Å². The maximum atomic E-state index is 12.5. The van der Waals surface area contributed by atoms with Crippen molar-refractivity contribution in [1.29, 1.82) is 0 Å². The van der Waals surface area contributed by atoms with Crippen LogP contribution in [0, 0.1) is 0 Å². The molecule has 8 nitrogen and oxygen atoms in total. The van der Waals surface area contributed by atoms with Crippen molar-refractivity contribution in [3.8, 4) is 0 Å². The second kappa shape index (κ2) is 7.98. The first-order valence-corrected chi connectivity index (χ1v) is 11.7. The molecule has 1 atom stereocenters. The fourth-order valence-corrected chi connectivity index (χ4v) is 5.57. The number of amides is 2. The van der Waals surface area contributed by atoms with Crippen molar-refractivity contribution in [2.24, 2.45) is 5.10 Å². The number of aromatic nitrogens is 1. The molecule has 2 aliphatic heterocycles. The van der Waals surface area contributed by atoms with Crippen LogP contribution in [0.2, 0.25) is 0 Å². The first-order chi connectivity index (χ1) is 13.9. The molecular formula is C20H24N4O4S. The summed E-state index contributed by atoms with van der Waals surface area (Å²) < 4.78 is 25.5. The van der Waals surface area contributed by atoms with Crippen molar-refractivity contribution in [1.82, 2.24) is 14.9 Å². The van der Waals surface area contributed by atoms with E-state index in [4.69, 9.17) is 0 Å². The maximum Gasteiger partial charge on any atom is 0.267 e. The zero-order valence-corrected chi connectivity index (χ0v) is 16.9. The Kier molecular flexibility index (Phi) is 5.40. The number of nitrogens with zero attached hydrogens (tertiary/aromatic N) is 3. The normalized spacial score (nSPS) is 21.4. The second-order valence-electron chi connectivity index (χ2n) is 7.52. The Labute approximate surface area is 169 Å². The van der Waals surface area contributed by atoms with Gasteiger partial charge >= 0.3 is 0 Å². The molecule has 0 aliphatic carbocycles. The summed E-state index contributed by atoms with van der Waals surface area (Å²) in [5, 5.41) is 9.47. The molecule has 0 bridgehead atoms. The molecule has 0 spiro atoms. The molecule has 2 aliphatic rings. The first kappa shape index (κ1) is 19.6. The lowest BCUT2D eigenvalue weighted by Gasteiger charge is -2.27. The molecule has 2 amide bonds. The average molecular weight is 417 g/mol. The number of hydrogen-bond donors (Lipinski definition) is 1. The maximum absolute atomic E-state index is 12.5. The van der Waals surface area contributed by atoms with Gasteiger partial charge in [0.1, 0.15) is 5.71 Å². The van der Waals surface area contributed by atoms with Crippen LogP contribution < -0.4 is 5.32 Å². The minimum Gasteiger partial charge on any atom is -0.351 e. The van der Waals surface area contributed by atoms with Gasteiger partial charge in [-0.3, -0.25) is 9.59 Å². The van der Waals surface area contributed by atoms with Crippen LogP contribution in [-0.2, 0) is 26.0 Å². The quantitative estimate of drug-likeness (QED) is 0.718. The summed E-state index contributed by atoms with van der Waals surface area (Å²) in [6.07, 6.45) is 3.64. The molecule has 4 rings (SSSR count). The number of carbonyl (C=O) groups is 2. The van der Waals surface area contributed by atoms with Crippen LogP contribution >= 0.6 is 0 Å². The van der Waals surface area contributed by atoms with E-state index in [2.05, 4.69) is 33.2 Å². The molecule has 1 N–H and O–H groups in total. The molecule has 154 valence electrons. The van der Waals surface area contributed by atoms with Crippen molar-refractivity contribution in [3.05, 3.63) is 36.5 Å². The van der Waals surface area contributed by atoms with Crippen molar-refractivity contribution >= 4 is 38.3 Å². The zero-order chi connectivity index (χ0) is 20.4. The molecule has 3 heterocycles. The summed E-state index contributed by atoms with van der Waals surface area (Å²) in [6.45, 7) is 1.28. The standard InChI is InChI=1S/C20H24N4O4S/c25-19-7-6-17(22-24(19)16-9-13-29(27,28)14-16)20(26)21-10-3-11-23-12-8-15-4-1-2-5-18(15)23/h1-2,4-5,8,12,16H,3,6-7,9-11,13-14H2,(H,21,26)/t16-/m0/s1. The zero-order valence-electron chi connectivity index (χ0n) is 16.1. The summed E-state index contributed by atoms with van der Waals surface area (Å²) in [6, 6.07) is 9.76. The molecule has 0 unspecified atom stereocenters. The van der Waals surface area contributed by atoms with Crippen LogP contribution in [0.3, 0.4) is 0 Å². The molecule has 9 heteroatoms. The van der Waals surface area contributed by atoms with E-state index in [-0.39, 0.29) is 36.2 Å². The number of carbonyl (C=O) groups excluding carboxylic acids is 2. The lowest BCUT2D eigenvalue weighted by molar-refractivity contribution is -0.133. The minimum absolute atomic E-state index is 0.0621. The van der Waals surface area contributed by atoms with Gasteiger partial charge in [-0.25, -0.2) is 13.4 Å². The van der Waals surface area contributed by atoms with Crippen LogP contribution in [0.5, 0.6) is 0 Å². The number of fused-ring (bicyclic) bond motifs is 1. The third-order valence-electron chi connectivity index (χ3n) is 5.42. The van der Waals surface area contributed by atoms with Gasteiger partial charge in [0.15, 0.2) is 9.84 Å². The number of benzene rings is 1. The lowest BCUT2D eigenvalue weighted by Crippen LogP contribution is -2.44. The van der Waals surface area contributed by atoms with Gasteiger partial charge in [-0.05, 0) is 30.4 Å². The Morgan fingerprint density at radius 1 is 1.21 bits per heavy atom. The van der Waals surface area contributed by atoms with E-state index in [0.29, 0.717) is 18.7 Å². The fraction of sp³-hybridized carbons (Fsp3) is 0.450. The molecule has 0 radical (unpaired) electrons. The highest BCUT2D eigenvalue weighted by Crippen LogP contribution is 2.22. The smallest absolute Gasteiger partial charge is 0.267 e. The molecule has 29 heavy (non-hydrogen) atoms. The van der Waals surface area contributed by atoms with E-state index in [1.165, 1.54) is 10.4 Å². The highest BCUT2D eigenvalue weighted by atomic mass is 32.2. The Balaban J connectivity index is 1.32. The Bertz CT molecular complexity index is 1070. The predicted octanol–water partition coefficient (Wildman–Crippen LogP) is 1.31. The summed E-state index contributed by atoms with van der Waals surface area (Å²) >= 11 is 0. The molecule has 2 aromatic rings. The Morgan fingerprint density at radius 2 is 2.03 bits per heavy atom. The number of hydrogen-bond acceptors (Lipinski definition) is 5. The van der Waals surface area contributed by atoms with Gasteiger partial charge in [-0.2, -0.15) is 5.10 Å². The van der Waals surface area contributed by atoms with Crippen LogP contribution in [0.4, 0.5) is 0 Å². The van der Waals surface area contributed by atoms with Gasteiger partial charge in [0.2, 0.25) is 5.91 Å². The van der Waals surface area contributed by atoms with E-state index in [9.17, 15) is 18.0 Å². The van der Waals surface area contributed by atoms with E-state index in [0.717, 1.165) is 18.5 Å². The Morgan fingerprint density at radius 3 is 2.83 bits per heavy atom. The van der Waals surface area contributed by atoms with Gasteiger partial charge in [0.05, 0.1) is 17.5 Å². The fourth-order valence-electron chi connectivity index (χ4n) is 3.88. The molecule has 1 aromatic heterocycles. The lowest BCUT2D eigenvalue weighted by atomic mass is 10.1. The number of nitrogens with one attached hydrogen (secondary N) is 1. The summed E-state index contributed by atoms with van der Waals surface area (Å²) in [4.78, 5) is 24.6. The van der Waals surface area contributed by atoms with Gasteiger partial charge in [-0.15, -0.1) is 0 Å². The topological polar surface area (TPSA) is 101 Å². The summed E-state index contributed by atoms with van der Waals surface area (Å²) in [5.74, 6) is -0.530. The van der Waals surface area contributed by atoms with Crippen molar-refractivity contribution in [3.63, 3.8) is 0 Å². The largest absolute Gasteiger partial charge is 0.351 e. The highest BCUT2D eigenvalue weighted by Gasteiger charge is 2.37. The monoisotopic (exact) mass is 416 g/mol. The molecule has 1 fully saturated rings. The van der Waals surface area contributed by atoms with E-state index >= 15 is 0 Å². The van der Waals surface area contributed by atoms with Crippen molar-refractivity contribution in [2.45, 2.75) is 38.3 Å². The number of aryl methyl sites for hydroxylation is 1.